The van der Waals surface area contributed by atoms with Crippen LogP contribution in [0.2, 0.25) is 0 Å². The van der Waals surface area contributed by atoms with Gasteiger partial charge in [0.2, 0.25) is 0 Å². The second-order valence-corrected chi connectivity index (χ2v) is 8.53. The summed E-state index contributed by atoms with van der Waals surface area (Å²) in [4.78, 5) is 12.2. The lowest BCUT2D eigenvalue weighted by atomic mass is 9.75. The molecule has 2 saturated heterocycles. The molecule has 4 rings (SSSR count). The number of aliphatic carboxylic acids is 1. The number of piperidine rings is 1. The Labute approximate surface area is 184 Å². The molecule has 2 heterocycles. The topological polar surface area (TPSA) is 91.9 Å². The minimum atomic E-state index is -0.776. The van der Waals surface area contributed by atoms with Crippen molar-refractivity contribution in [3.05, 3.63) is 58.1 Å². The highest BCUT2D eigenvalue weighted by atomic mass is 79.9. The standard InChI is InChI=1S/C22H26BrN3O4/c1-3-30-17-9-6-13(10-18(17)29-2)16-11-15(22(27)28)19-20(25-26-21(19)24-16)12-4-7-14(23)8-5-12/h4-10,15-16,19-21,24-26H,3,11H2,1-2H3,(H,27,28). The van der Waals surface area contributed by atoms with Crippen molar-refractivity contribution >= 4 is 21.9 Å². The predicted octanol–water partition coefficient (Wildman–Crippen LogP) is 3.38. The highest BCUT2D eigenvalue weighted by Crippen LogP contribution is 2.43. The Morgan fingerprint density at radius 1 is 1.13 bits per heavy atom. The maximum atomic E-state index is 12.2. The van der Waals surface area contributed by atoms with Gasteiger partial charge in [-0.3, -0.25) is 10.1 Å². The summed E-state index contributed by atoms with van der Waals surface area (Å²) < 4.78 is 12.1. The Bertz CT molecular complexity index is 908. The number of methoxy groups -OCH3 is 1. The number of carboxylic acid groups (broad SMARTS) is 1. The molecule has 0 amide bonds. The molecule has 2 aliphatic rings. The van der Waals surface area contributed by atoms with Crippen LogP contribution in [-0.2, 0) is 4.79 Å². The third-order valence-electron chi connectivity index (χ3n) is 5.94. The smallest absolute Gasteiger partial charge is 0.307 e. The number of benzene rings is 2. The average Bonchev–Trinajstić information content (AvgIpc) is 3.18. The molecule has 0 radical (unpaired) electrons. The molecule has 2 aliphatic heterocycles. The van der Waals surface area contributed by atoms with Crippen molar-refractivity contribution in [3.63, 3.8) is 0 Å². The van der Waals surface area contributed by atoms with Gasteiger partial charge in [-0.1, -0.05) is 34.1 Å². The van der Waals surface area contributed by atoms with E-state index in [0.717, 1.165) is 15.6 Å². The molecule has 0 saturated carbocycles. The van der Waals surface area contributed by atoms with Crippen molar-refractivity contribution in [3.8, 4) is 11.5 Å². The maximum Gasteiger partial charge on any atom is 0.307 e. The van der Waals surface area contributed by atoms with Gasteiger partial charge in [0.25, 0.3) is 0 Å². The van der Waals surface area contributed by atoms with Crippen molar-refractivity contribution in [2.45, 2.75) is 31.6 Å². The molecule has 5 unspecified atom stereocenters. The van der Waals surface area contributed by atoms with Gasteiger partial charge in [-0.15, -0.1) is 0 Å². The first-order valence-corrected chi connectivity index (χ1v) is 10.9. The second-order valence-electron chi connectivity index (χ2n) is 7.62. The number of hydrogen-bond acceptors (Lipinski definition) is 6. The molecule has 5 atom stereocenters. The molecular weight excluding hydrogens is 450 g/mol. The number of carboxylic acids is 1. The highest BCUT2D eigenvalue weighted by Gasteiger charge is 2.49. The first kappa shape index (κ1) is 21.1. The summed E-state index contributed by atoms with van der Waals surface area (Å²) >= 11 is 3.46. The Balaban J connectivity index is 1.60. The Morgan fingerprint density at radius 3 is 2.53 bits per heavy atom. The van der Waals surface area contributed by atoms with Crippen LogP contribution in [-0.4, -0.2) is 31.0 Å². The molecule has 0 bridgehead atoms. The lowest BCUT2D eigenvalue weighted by molar-refractivity contribution is -0.146. The van der Waals surface area contributed by atoms with E-state index < -0.39 is 11.9 Å². The zero-order chi connectivity index (χ0) is 21.3. The third kappa shape index (κ3) is 4.05. The Hall–Kier alpha value is -2.13. The lowest BCUT2D eigenvalue weighted by Crippen LogP contribution is -2.53. The Morgan fingerprint density at radius 2 is 1.87 bits per heavy atom. The van der Waals surface area contributed by atoms with Gasteiger partial charge in [0.05, 0.1) is 31.8 Å². The van der Waals surface area contributed by atoms with Crippen molar-refractivity contribution < 1.29 is 19.4 Å². The molecule has 2 aromatic carbocycles. The second kappa shape index (κ2) is 8.93. The summed E-state index contributed by atoms with van der Waals surface area (Å²) in [6.45, 7) is 2.48. The largest absolute Gasteiger partial charge is 0.493 e. The van der Waals surface area contributed by atoms with Crippen molar-refractivity contribution in [1.29, 1.82) is 0 Å². The van der Waals surface area contributed by atoms with E-state index in [1.54, 1.807) is 7.11 Å². The summed E-state index contributed by atoms with van der Waals surface area (Å²) in [5.41, 5.74) is 8.62. The monoisotopic (exact) mass is 475 g/mol. The minimum Gasteiger partial charge on any atom is -0.493 e. The van der Waals surface area contributed by atoms with E-state index in [4.69, 9.17) is 9.47 Å². The number of carbonyl (C=O) groups is 1. The molecule has 2 fully saturated rings. The SMILES string of the molecule is CCOc1ccc(C2CC(C(=O)O)C3C(NNC3c3ccc(Br)cc3)N2)cc1OC. The van der Waals surface area contributed by atoms with Gasteiger partial charge in [-0.25, -0.2) is 10.9 Å². The highest BCUT2D eigenvalue weighted by molar-refractivity contribution is 9.10. The lowest BCUT2D eigenvalue weighted by Gasteiger charge is -2.39. The molecule has 0 aromatic heterocycles. The van der Waals surface area contributed by atoms with E-state index >= 15 is 0 Å². The summed E-state index contributed by atoms with van der Waals surface area (Å²) in [7, 11) is 1.61. The summed E-state index contributed by atoms with van der Waals surface area (Å²) in [5, 5.41) is 13.6. The third-order valence-corrected chi connectivity index (χ3v) is 6.46. The van der Waals surface area contributed by atoms with Gasteiger partial charge in [0, 0.05) is 16.4 Å². The normalized spacial score (nSPS) is 28.0. The van der Waals surface area contributed by atoms with E-state index in [2.05, 4.69) is 32.1 Å². The van der Waals surface area contributed by atoms with E-state index in [-0.39, 0.29) is 24.2 Å². The van der Waals surface area contributed by atoms with Crippen LogP contribution in [0.4, 0.5) is 0 Å². The van der Waals surface area contributed by atoms with Crippen molar-refractivity contribution in [1.82, 2.24) is 16.2 Å². The molecular formula is C22H26BrN3O4. The number of fused-ring (bicyclic) bond motifs is 1. The summed E-state index contributed by atoms with van der Waals surface area (Å²) in [5.74, 6) is -0.0694. The zero-order valence-electron chi connectivity index (χ0n) is 16.9. The van der Waals surface area contributed by atoms with Crippen LogP contribution in [0.15, 0.2) is 46.9 Å². The molecule has 160 valence electrons. The first-order valence-electron chi connectivity index (χ1n) is 10.1. The van der Waals surface area contributed by atoms with Crippen LogP contribution in [0.3, 0.4) is 0 Å². The molecule has 30 heavy (non-hydrogen) atoms. The van der Waals surface area contributed by atoms with Crippen LogP contribution in [0, 0.1) is 11.8 Å². The quantitative estimate of drug-likeness (QED) is 0.508. The van der Waals surface area contributed by atoms with Gasteiger partial charge in [-0.2, -0.15) is 0 Å². The summed E-state index contributed by atoms with van der Waals surface area (Å²) in [6, 6.07) is 13.6. The van der Waals surface area contributed by atoms with Crippen LogP contribution in [0.25, 0.3) is 0 Å². The van der Waals surface area contributed by atoms with Gasteiger partial charge < -0.3 is 14.6 Å². The van der Waals surface area contributed by atoms with Crippen molar-refractivity contribution in [2.75, 3.05) is 13.7 Å². The van der Waals surface area contributed by atoms with E-state index in [1.807, 2.05) is 49.4 Å². The van der Waals surface area contributed by atoms with Crippen LogP contribution in [0.1, 0.15) is 36.6 Å². The fourth-order valence-corrected chi connectivity index (χ4v) is 4.79. The molecule has 8 heteroatoms. The fourth-order valence-electron chi connectivity index (χ4n) is 4.53. The maximum absolute atomic E-state index is 12.2. The number of nitrogens with one attached hydrogen (secondary N) is 3. The fraction of sp³-hybridized carbons (Fsp3) is 0.409. The van der Waals surface area contributed by atoms with Crippen LogP contribution in [0.5, 0.6) is 11.5 Å². The van der Waals surface area contributed by atoms with Gasteiger partial charge in [0.15, 0.2) is 11.5 Å². The van der Waals surface area contributed by atoms with Gasteiger partial charge >= 0.3 is 5.97 Å². The molecule has 7 nitrogen and oxygen atoms in total. The van der Waals surface area contributed by atoms with Crippen LogP contribution < -0.4 is 25.6 Å². The van der Waals surface area contributed by atoms with E-state index in [0.29, 0.717) is 24.5 Å². The molecule has 2 aromatic rings. The summed E-state index contributed by atoms with van der Waals surface area (Å²) in [6.07, 6.45) is 0.320. The minimum absolute atomic E-state index is 0.0903. The van der Waals surface area contributed by atoms with Gasteiger partial charge in [0.1, 0.15) is 0 Å². The average molecular weight is 476 g/mol. The van der Waals surface area contributed by atoms with Gasteiger partial charge in [-0.05, 0) is 48.7 Å². The molecule has 4 N–H and O–H groups in total. The Kier molecular flexibility index (Phi) is 6.29. The number of rotatable bonds is 6. The predicted molar refractivity (Wildman–Crippen MR) is 116 cm³/mol. The molecule has 0 aliphatic carbocycles. The number of hydrogen-bond donors (Lipinski definition) is 4. The van der Waals surface area contributed by atoms with Crippen molar-refractivity contribution in [2.24, 2.45) is 11.8 Å². The number of hydrazine groups is 1. The first-order chi connectivity index (χ1) is 14.5. The number of halogens is 1. The zero-order valence-corrected chi connectivity index (χ0v) is 18.5. The molecule has 0 spiro atoms. The van der Waals surface area contributed by atoms with E-state index in [9.17, 15) is 9.90 Å². The number of ether oxygens (including phenoxy) is 2. The van der Waals surface area contributed by atoms with Crippen LogP contribution >= 0.6 is 15.9 Å². The van der Waals surface area contributed by atoms with E-state index in [1.165, 1.54) is 0 Å².